The van der Waals surface area contributed by atoms with Crippen molar-refractivity contribution in [2.75, 3.05) is 0 Å². The van der Waals surface area contributed by atoms with Crippen LogP contribution in [0.4, 0.5) is 0 Å². The predicted molar refractivity (Wildman–Crippen MR) is 103 cm³/mol. The molecule has 1 heterocycles. The Kier molecular flexibility index (Phi) is 4.26. The van der Waals surface area contributed by atoms with Crippen molar-refractivity contribution >= 4 is 10.9 Å². The smallest absolute Gasteiger partial charge is 0.143 e. The summed E-state index contributed by atoms with van der Waals surface area (Å²) in [5.74, 6) is 0.906. The molecule has 0 saturated heterocycles. The number of nitrogens with one attached hydrogen (secondary N) is 1. The van der Waals surface area contributed by atoms with Gasteiger partial charge in [0.05, 0.1) is 5.52 Å². The summed E-state index contributed by atoms with van der Waals surface area (Å²) >= 11 is 0. The lowest BCUT2D eigenvalue weighted by molar-refractivity contribution is 0.309. The Labute approximate surface area is 148 Å². The topological polar surface area (TPSA) is 25.0 Å². The van der Waals surface area contributed by atoms with Gasteiger partial charge in [-0.05, 0) is 36.1 Å². The van der Waals surface area contributed by atoms with Crippen molar-refractivity contribution in [2.45, 2.75) is 20.0 Å². The lowest BCUT2D eigenvalue weighted by Gasteiger charge is -2.08. The number of hydrogen-bond acceptors (Lipinski definition) is 1. The molecule has 4 rings (SSSR count). The number of ether oxygens (including phenoxy) is 1. The Bertz CT molecular complexity index is 971. The molecule has 1 N–H and O–H groups in total. The van der Waals surface area contributed by atoms with E-state index >= 15 is 0 Å². The summed E-state index contributed by atoms with van der Waals surface area (Å²) in [5.41, 5.74) is 6.12. The zero-order valence-electron chi connectivity index (χ0n) is 14.3. The fraction of sp³-hybridized carbons (Fsp3) is 0.130. The molecule has 0 radical (unpaired) electrons. The highest BCUT2D eigenvalue weighted by atomic mass is 16.5. The van der Waals surface area contributed by atoms with Gasteiger partial charge in [-0.25, -0.2) is 0 Å². The number of aromatic amines is 1. The van der Waals surface area contributed by atoms with E-state index in [1.807, 2.05) is 24.3 Å². The Morgan fingerprint density at radius 1 is 0.760 bits per heavy atom. The average molecular weight is 327 g/mol. The number of aryl methyl sites for hydroxylation is 1. The number of rotatable bonds is 5. The van der Waals surface area contributed by atoms with E-state index in [2.05, 4.69) is 66.5 Å². The first kappa shape index (κ1) is 15.5. The molecule has 3 aromatic carbocycles. The molecule has 124 valence electrons. The molecule has 0 fully saturated rings. The van der Waals surface area contributed by atoms with Crippen LogP contribution in [0.3, 0.4) is 0 Å². The molecule has 0 spiro atoms. The second-order valence-corrected chi connectivity index (χ2v) is 6.34. The van der Waals surface area contributed by atoms with Gasteiger partial charge in [0.25, 0.3) is 0 Å². The predicted octanol–water partition coefficient (Wildman–Crippen LogP) is 5.65. The Hall–Kier alpha value is -3.00. The standard InChI is InChI=1S/C23H21NO/c1-17-21(15-18-9-4-2-5-10-18)20-13-8-14-22(23(20)24-17)25-16-19-11-6-3-7-12-19/h2-14,24H,15-16H2,1H3. The zero-order valence-corrected chi connectivity index (χ0v) is 14.3. The van der Waals surface area contributed by atoms with E-state index in [1.165, 1.54) is 27.8 Å². The first-order valence-corrected chi connectivity index (χ1v) is 8.62. The van der Waals surface area contributed by atoms with Gasteiger partial charge in [0.15, 0.2) is 0 Å². The van der Waals surface area contributed by atoms with E-state index in [9.17, 15) is 0 Å². The number of aromatic nitrogens is 1. The van der Waals surface area contributed by atoms with Gasteiger partial charge in [-0.2, -0.15) is 0 Å². The first-order chi connectivity index (χ1) is 12.3. The highest BCUT2D eigenvalue weighted by Crippen LogP contribution is 2.31. The number of fused-ring (bicyclic) bond motifs is 1. The van der Waals surface area contributed by atoms with E-state index in [0.29, 0.717) is 6.61 Å². The number of para-hydroxylation sites is 1. The van der Waals surface area contributed by atoms with Crippen molar-refractivity contribution in [1.82, 2.24) is 4.98 Å². The summed E-state index contributed by atoms with van der Waals surface area (Å²) < 4.78 is 6.09. The maximum absolute atomic E-state index is 6.09. The molecule has 0 aliphatic carbocycles. The molecular weight excluding hydrogens is 306 g/mol. The molecule has 0 aliphatic rings. The third-order valence-electron chi connectivity index (χ3n) is 4.58. The first-order valence-electron chi connectivity index (χ1n) is 8.62. The van der Waals surface area contributed by atoms with E-state index in [1.54, 1.807) is 0 Å². The van der Waals surface area contributed by atoms with Crippen molar-refractivity contribution in [1.29, 1.82) is 0 Å². The van der Waals surface area contributed by atoms with Gasteiger partial charge in [0.2, 0.25) is 0 Å². The largest absolute Gasteiger partial charge is 0.487 e. The van der Waals surface area contributed by atoms with Crippen molar-refractivity contribution in [2.24, 2.45) is 0 Å². The Morgan fingerprint density at radius 3 is 2.16 bits per heavy atom. The molecular formula is C23H21NO. The third kappa shape index (κ3) is 3.29. The maximum Gasteiger partial charge on any atom is 0.143 e. The molecule has 0 unspecified atom stereocenters. The molecule has 0 amide bonds. The molecule has 2 heteroatoms. The Morgan fingerprint density at radius 2 is 1.44 bits per heavy atom. The molecule has 0 atom stereocenters. The van der Waals surface area contributed by atoms with Crippen LogP contribution in [0.25, 0.3) is 10.9 Å². The summed E-state index contributed by atoms with van der Waals surface area (Å²) in [4.78, 5) is 3.53. The van der Waals surface area contributed by atoms with E-state index in [4.69, 9.17) is 4.74 Å². The van der Waals surface area contributed by atoms with Crippen LogP contribution in [0.2, 0.25) is 0 Å². The maximum atomic E-state index is 6.09. The van der Waals surface area contributed by atoms with Gasteiger partial charge in [0, 0.05) is 11.1 Å². The Balaban J connectivity index is 1.65. The summed E-state index contributed by atoms with van der Waals surface area (Å²) in [6.07, 6.45) is 0.925. The monoisotopic (exact) mass is 327 g/mol. The van der Waals surface area contributed by atoms with Gasteiger partial charge in [-0.3, -0.25) is 0 Å². The molecule has 0 saturated carbocycles. The second kappa shape index (κ2) is 6.86. The van der Waals surface area contributed by atoms with Crippen LogP contribution in [-0.2, 0) is 13.0 Å². The highest BCUT2D eigenvalue weighted by molar-refractivity contribution is 5.89. The summed E-state index contributed by atoms with van der Waals surface area (Å²) in [6.45, 7) is 2.71. The minimum absolute atomic E-state index is 0.575. The van der Waals surface area contributed by atoms with Gasteiger partial charge in [0.1, 0.15) is 12.4 Å². The summed E-state index contributed by atoms with van der Waals surface area (Å²) in [6, 6.07) is 27.1. The van der Waals surface area contributed by atoms with Gasteiger partial charge in [-0.1, -0.05) is 72.8 Å². The fourth-order valence-corrected chi connectivity index (χ4v) is 3.26. The summed E-state index contributed by atoms with van der Waals surface area (Å²) in [5, 5.41) is 1.24. The lowest BCUT2D eigenvalue weighted by Crippen LogP contribution is -1.95. The SMILES string of the molecule is Cc1[nH]c2c(OCc3ccccc3)cccc2c1Cc1ccccc1. The van der Waals surface area contributed by atoms with Crippen molar-refractivity contribution < 1.29 is 4.74 Å². The zero-order chi connectivity index (χ0) is 17.1. The molecule has 2 nitrogen and oxygen atoms in total. The van der Waals surface area contributed by atoms with Crippen LogP contribution in [0.1, 0.15) is 22.4 Å². The molecule has 4 aromatic rings. The van der Waals surface area contributed by atoms with Crippen LogP contribution in [0.5, 0.6) is 5.75 Å². The van der Waals surface area contributed by atoms with Crippen LogP contribution < -0.4 is 4.74 Å². The van der Waals surface area contributed by atoms with Gasteiger partial charge in [-0.15, -0.1) is 0 Å². The number of hydrogen-bond donors (Lipinski definition) is 1. The lowest BCUT2D eigenvalue weighted by atomic mass is 10.0. The van der Waals surface area contributed by atoms with E-state index in [0.717, 1.165) is 17.7 Å². The van der Waals surface area contributed by atoms with Crippen LogP contribution in [-0.4, -0.2) is 4.98 Å². The van der Waals surface area contributed by atoms with Crippen LogP contribution >= 0.6 is 0 Å². The highest BCUT2D eigenvalue weighted by Gasteiger charge is 2.12. The molecule has 0 bridgehead atoms. The average Bonchev–Trinajstić information content (AvgIpc) is 2.98. The van der Waals surface area contributed by atoms with Crippen LogP contribution in [0.15, 0.2) is 78.9 Å². The normalized spacial score (nSPS) is 10.9. The van der Waals surface area contributed by atoms with E-state index in [-0.39, 0.29) is 0 Å². The minimum Gasteiger partial charge on any atom is -0.487 e. The van der Waals surface area contributed by atoms with E-state index < -0.39 is 0 Å². The number of benzene rings is 3. The fourth-order valence-electron chi connectivity index (χ4n) is 3.26. The van der Waals surface area contributed by atoms with Crippen LogP contribution in [0, 0.1) is 6.92 Å². The molecule has 25 heavy (non-hydrogen) atoms. The third-order valence-corrected chi connectivity index (χ3v) is 4.58. The van der Waals surface area contributed by atoms with Crippen molar-refractivity contribution in [3.63, 3.8) is 0 Å². The quantitative estimate of drug-likeness (QED) is 0.503. The van der Waals surface area contributed by atoms with Crippen molar-refractivity contribution in [3.8, 4) is 5.75 Å². The summed E-state index contributed by atoms with van der Waals surface area (Å²) in [7, 11) is 0. The van der Waals surface area contributed by atoms with Gasteiger partial charge >= 0.3 is 0 Å². The van der Waals surface area contributed by atoms with Crippen molar-refractivity contribution in [3.05, 3.63) is 101 Å². The van der Waals surface area contributed by atoms with Gasteiger partial charge < -0.3 is 9.72 Å². The number of H-pyrrole nitrogens is 1. The minimum atomic E-state index is 0.575. The molecule has 0 aliphatic heterocycles. The second-order valence-electron chi connectivity index (χ2n) is 6.34. The molecule has 1 aromatic heterocycles.